The molecule has 1 aliphatic heterocycles. The van der Waals surface area contributed by atoms with Gasteiger partial charge < -0.3 is 0 Å². The second-order valence-corrected chi connectivity index (χ2v) is 8.32. The summed E-state index contributed by atoms with van der Waals surface area (Å²) in [4.78, 5) is 2.76. The predicted molar refractivity (Wildman–Crippen MR) is 101 cm³/mol. The fourth-order valence-electron chi connectivity index (χ4n) is 5.61. The van der Waals surface area contributed by atoms with Gasteiger partial charge in [-0.2, -0.15) is 0 Å². The Morgan fingerprint density at radius 3 is 2.50 bits per heavy atom. The topological polar surface area (TPSA) is 3.24 Å². The molecule has 0 unspecified atom stereocenters. The van der Waals surface area contributed by atoms with Crippen molar-refractivity contribution >= 4 is 0 Å². The Kier molecular flexibility index (Phi) is 4.00. The Morgan fingerprint density at radius 1 is 1.04 bits per heavy atom. The average molecular weight is 319 g/mol. The molecule has 4 rings (SSSR count). The van der Waals surface area contributed by atoms with Crippen molar-refractivity contribution in [2.75, 3.05) is 6.54 Å². The van der Waals surface area contributed by atoms with Crippen molar-refractivity contribution < 1.29 is 0 Å². The van der Waals surface area contributed by atoms with E-state index in [-0.39, 0.29) is 0 Å². The Balaban J connectivity index is 1.71. The molecule has 1 fully saturated rings. The van der Waals surface area contributed by atoms with Gasteiger partial charge in [-0.1, -0.05) is 75.4 Å². The zero-order chi connectivity index (χ0) is 16.7. The first-order valence-electron chi connectivity index (χ1n) is 9.46. The first kappa shape index (κ1) is 15.9. The number of hydrogen-bond donors (Lipinski definition) is 0. The molecule has 126 valence electrons. The maximum Gasteiger partial charge on any atom is 0.0236 e. The molecule has 1 heteroatoms. The molecule has 0 aromatic heterocycles. The van der Waals surface area contributed by atoms with Gasteiger partial charge in [0.25, 0.3) is 0 Å². The van der Waals surface area contributed by atoms with Gasteiger partial charge in [0.15, 0.2) is 0 Å². The van der Waals surface area contributed by atoms with Crippen molar-refractivity contribution in [2.45, 2.75) is 51.6 Å². The molecule has 0 amide bonds. The Labute approximate surface area is 146 Å². The van der Waals surface area contributed by atoms with E-state index < -0.39 is 0 Å². The largest absolute Gasteiger partial charge is 0.295 e. The lowest BCUT2D eigenvalue weighted by Gasteiger charge is -2.57. The molecule has 0 N–H and O–H groups in total. The van der Waals surface area contributed by atoms with E-state index in [1.165, 1.54) is 24.9 Å². The van der Waals surface area contributed by atoms with Crippen LogP contribution >= 0.6 is 0 Å². The maximum atomic E-state index is 2.76. The lowest BCUT2D eigenvalue weighted by atomic mass is 9.55. The average Bonchev–Trinajstić information content (AvgIpc) is 2.58. The third kappa shape index (κ3) is 2.50. The van der Waals surface area contributed by atoms with Gasteiger partial charge in [-0.25, -0.2) is 0 Å². The standard InChI is InChI=1S/C23H29N/c1-17(2)22-21-15-19-11-7-8-12-20(19)23(22,3)13-14-24(21)16-18-9-5-4-6-10-18/h4-12,17,21-22H,13-16H2,1-3H3/t21-,22-,23+/m0/s1. The number of rotatable bonds is 3. The summed E-state index contributed by atoms with van der Waals surface area (Å²) >= 11 is 0. The zero-order valence-electron chi connectivity index (χ0n) is 15.2. The van der Waals surface area contributed by atoms with E-state index in [1.807, 2.05) is 0 Å². The molecule has 2 aromatic rings. The molecule has 2 aliphatic rings. The first-order valence-corrected chi connectivity index (χ1v) is 9.46. The maximum absolute atomic E-state index is 2.76. The van der Waals surface area contributed by atoms with E-state index in [9.17, 15) is 0 Å². The van der Waals surface area contributed by atoms with Crippen LogP contribution in [0.4, 0.5) is 0 Å². The lowest BCUT2D eigenvalue weighted by Crippen LogP contribution is -2.60. The van der Waals surface area contributed by atoms with Crippen LogP contribution in [-0.2, 0) is 18.4 Å². The molecule has 1 aliphatic carbocycles. The fraction of sp³-hybridized carbons (Fsp3) is 0.478. The van der Waals surface area contributed by atoms with Crippen LogP contribution < -0.4 is 0 Å². The van der Waals surface area contributed by atoms with Gasteiger partial charge in [0.2, 0.25) is 0 Å². The van der Waals surface area contributed by atoms with E-state index in [0.717, 1.165) is 12.5 Å². The SMILES string of the molecule is CC(C)[C@H]1[C@@H]2Cc3ccccc3[C@@]1(C)CCN2Cc1ccccc1. The molecule has 1 heterocycles. The van der Waals surface area contributed by atoms with Gasteiger partial charge in [-0.05, 0) is 53.3 Å². The summed E-state index contributed by atoms with van der Waals surface area (Å²) in [5, 5.41) is 0. The van der Waals surface area contributed by atoms with Crippen LogP contribution in [0.2, 0.25) is 0 Å². The van der Waals surface area contributed by atoms with Gasteiger partial charge in [-0.3, -0.25) is 4.90 Å². The van der Waals surface area contributed by atoms with E-state index in [1.54, 1.807) is 11.1 Å². The van der Waals surface area contributed by atoms with Crippen molar-refractivity contribution in [2.24, 2.45) is 11.8 Å². The fourth-order valence-corrected chi connectivity index (χ4v) is 5.61. The van der Waals surface area contributed by atoms with Crippen LogP contribution in [0.3, 0.4) is 0 Å². The van der Waals surface area contributed by atoms with Crippen LogP contribution in [0.5, 0.6) is 0 Å². The number of piperidine rings is 1. The van der Waals surface area contributed by atoms with Gasteiger partial charge in [0, 0.05) is 12.6 Å². The van der Waals surface area contributed by atoms with Crippen molar-refractivity contribution in [3.8, 4) is 0 Å². The van der Waals surface area contributed by atoms with Gasteiger partial charge in [0.05, 0.1) is 0 Å². The summed E-state index contributed by atoms with van der Waals surface area (Å²) < 4.78 is 0. The summed E-state index contributed by atoms with van der Waals surface area (Å²) in [5.74, 6) is 1.46. The van der Waals surface area contributed by atoms with Gasteiger partial charge in [0.1, 0.15) is 0 Å². The second-order valence-electron chi connectivity index (χ2n) is 8.32. The summed E-state index contributed by atoms with van der Waals surface area (Å²) in [6, 6.07) is 20.9. The number of nitrogens with zero attached hydrogens (tertiary/aromatic N) is 1. The molecule has 1 nitrogen and oxygen atoms in total. The molecule has 3 atom stereocenters. The van der Waals surface area contributed by atoms with Crippen molar-refractivity contribution in [3.05, 3.63) is 71.3 Å². The molecule has 1 saturated heterocycles. The summed E-state index contributed by atoms with van der Waals surface area (Å²) in [6.45, 7) is 9.69. The molecular weight excluding hydrogens is 290 g/mol. The van der Waals surface area contributed by atoms with Crippen molar-refractivity contribution in [1.82, 2.24) is 4.90 Å². The van der Waals surface area contributed by atoms with E-state index in [4.69, 9.17) is 0 Å². The second kappa shape index (κ2) is 6.04. The van der Waals surface area contributed by atoms with Crippen molar-refractivity contribution in [3.63, 3.8) is 0 Å². The van der Waals surface area contributed by atoms with Crippen molar-refractivity contribution in [1.29, 1.82) is 0 Å². The summed E-state index contributed by atoms with van der Waals surface area (Å²) in [7, 11) is 0. The minimum Gasteiger partial charge on any atom is -0.295 e. The Bertz CT molecular complexity index is 705. The van der Waals surface area contributed by atoms with Gasteiger partial charge in [-0.15, -0.1) is 0 Å². The highest BCUT2D eigenvalue weighted by atomic mass is 15.2. The molecule has 0 radical (unpaired) electrons. The minimum absolute atomic E-state index is 0.334. The Hall–Kier alpha value is -1.60. The highest BCUT2D eigenvalue weighted by Crippen LogP contribution is 2.51. The van der Waals surface area contributed by atoms with E-state index in [2.05, 4.69) is 80.3 Å². The molecule has 2 bridgehead atoms. The lowest BCUT2D eigenvalue weighted by molar-refractivity contribution is -0.00709. The smallest absolute Gasteiger partial charge is 0.0236 e. The summed E-state index contributed by atoms with van der Waals surface area (Å²) in [5.41, 5.74) is 4.99. The monoisotopic (exact) mass is 319 g/mol. The third-order valence-corrected chi connectivity index (χ3v) is 6.55. The first-order chi connectivity index (χ1) is 11.6. The minimum atomic E-state index is 0.334. The zero-order valence-corrected chi connectivity index (χ0v) is 15.2. The van der Waals surface area contributed by atoms with Crippen LogP contribution in [0.1, 0.15) is 43.9 Å². The van der Waals surface area contributed by atoms with Crippen LogP contribution in [0.15, 0.2) is 54.6 Å². The Morgan fingerprint density at radius 2 is 1.75 bits per heavy atom. The molecule has 24 heavy (non-hydrogen) atoms. The normalized spacial score (nSPS) is 29.5. The number of hydrogen-bond acceptors (Lipinski definition) is 1. The van der Waals surface area contributed by atoms with Crippen LogP contribution in [-0.4, -0.2) is 17.5 Å². The third-order valence-electron chi connectivity index (χ3n) is 6.55. The molecular formula is C23H29N. The highest BCUT2D eigenvalue weighted by Gasteiger charge is 2.51. The number of likely N-dealkylation sites (tertiary alicyclic amines) is 1. The molecule has 0 spiro atoms. The van der Waals surface area contributed by atoms with Crippen LogP contribution in [0.25, 0.3) is 0 Å². The quantitative estimate of drug-likeness (QED) is 0.765. The van der Waals surface area contributed by atoms with Crippen LogP contribution in [0, 0.1) is 11.8 Å². The summed E-state index contributed by atoms with van der Waals surface area (Å²) in [6.07, 6.45) is 2.48. The molecule has 0 saturated carbocycles. The molecule has 2 aromatic carbocycles. The predicted octanol–water partition coefficient (Wildman–Crippen LogP) is 5.05. The van der Waals surface area contributed by atoms with E-state index >= 15 is 0 Å². The number of fused-ring (bicyclic) bond motifs is 4. The van der Waals surface area contributed by atoms with Gasteiger partial charge >= 0.3 is 0 Å². The number of benzene rings is 2. The van der Waals surface area contributed by atoms with E-state index in [0.29, 0.717) is 17.4 Å². The highest BCUT2D eigenvalue weighted by molar-refractivity contribution is 5.40.